The maximum absolute atomic E-state index is 12.6. The van der Waals surface area contributed by atoms with Gasteiger partial charge in [-0.05, 0) is 48.4 Å². The van der Waals surface area contributed by atoms with Crippen molar-refractivity contribution in [3.63, 3.8) is 0 Å². The first kappa shape index (κ1) is 19.7. The van der Waals surface area contributed by atoms with Gasteiger partial charge in [0.25, 0.3) is 10.0 Å². The summed E-state index contributed by atoms with van der Waals surface area (Å²) in [6, 6.07) is 18.3. The number of hydrogen-bond acceptors (Lipinski definition) is 5. The molecule has 2 aromatic carbocycles. The van der Waals surface area contributed by atoms with Gasteiger partial charge in [-0.15, -0.1) is 0 Å². The van der Waals surface area contributed by atoms with Crippen molar-refractivity contribution in [1.29, 1.82) is 0 Å². The molecule has 0 atom stereocenters. The normalized spacial score (nSPS) is 11.1. The Bertz CT molecular complexity index is 1040. The summed E-state index contributed by atoms with van der Waals surface area (Å²) in [7, 11) is -0.207. The van der Waals surface area contributed by atoms with Crippen LogP contribution in [0.5, 0.6) is 5.75 Å². The standard InChI is InChI=1S/C21H23N3O3S/c1-16-13-19(10-11-20(16)27-3)28(25,26)23-21-12-9-18(14-22-21)24(2)15-17-7-5-4-6-8-17/h4-14H,15H2,1-3H3,(H,22,23). The Morgan fingerprint density at radius 2 is 1.82 bits per heavy atom. The van der Waals surface area contributed by atoms with Gasteiger partial charge in [0.2, 0.25) is 0 Å². The van der Waals surface area contributed by atoms with Crippen LogP contribution in [-0.4, -0.2) is 27.6 Å². The number of nitrogens with one attached hydrogen (secondary N) is 1. The highest BCUT2D eigenvalue weighted by molar-refractivity contribution is 7.92. The fraction of sp³-hybridized carbons (Fsp3) is 0.190. The molecule has 0 saturated heterocycles. The average molecular weight is 398 g/mol. The quantitative estimate of drug-likeness (QED) is 0.656. The third-order valence-electron chi connectivity index (χ3n) is 4.37. The molecule has 146 valence electrons. The number of aromatic nitrogens is 1. The number of benzene rings is 2. The molecule has 0 amide bonds. The van der Waals surface area contributed by atoms with Crippen LogP contribution in [0.4, 0.5) is 11.5 Å². The van der Waals surface area contributed by atoms with Gasteiger partial charge in [-0.3, -0.25) is 4.72 Å². The Labute approximate surface area is 165 Å². The van der Waals surface area contributed by atoms with E-state index in [9.17, 15) is 8.42 Å². The molecule has 7 heteroatoms. The number of ether oxygens (including phenoxy) is 1. The van der Waals surface area contributed by atoms with E-state index in [2.05, 4.69) is 21.8 Å². The van der Waals surface area contributed by atoms with E-state index in [1.807, 2.05) is 36.2 Å². The number of methoxy groups -OCH3 is 1. The first-order valence-electron chi connectivity index (χ1n) is 8.77. The lowest BCUT2D eigenvalue weighted by Crippen LogP contribution is -2.17. The fourth-order valence-electron chi connectivity index (χ4n) is 2.84. The van der Waals surface area contributed by atoms with Crippen molar-refractivity contribution in [3.8, 4) is 5.75 Å². The summed E-state index contributed by atoms with van der Waals surface area (Å²) in [6.45, 7) is 2.53. The topological polar surface area (TPSA) is 71.5 Å². The van der Waals surface area contributed by atoms with E-state index in [1.54, 1.807) is 38.4 Å². The van der Waals surface area contributed by atoms with E-state index in [1.165, 1.54) is 11.6 Å². The third kappa shape index (κ3) is 4.61. The molecule has 0 radical (unpaired) electrons. The van der Waals surface area contributed by atoms with Gasteiger partial charge >= 0.3 is 0 Å². The molecule has 0 saturated carbocycles. The monoisotopic (exact) mass is 397 g/mol. The van der Waals surface area contributed by atoms with Gasteiger partial charge in [0, 0.05) is 13.6 Å². The minimum absolute atomic E-state index is 0.165. The second-order valence-corrected chi connectivity index (χ2v) is 8.16. The number of pyridine rings is 1. The molecule has 1 heterocycles. The molecule has 0 aliphatic heterocycles. The minimum atomic E-state index is -3.72. The Morgan fingerprint density at radius 3 is 2.43 bits per heavy atom. The highest BCUT2D eigenvalue weighted by atomic mass is 32.2. The van der Waals surface area contributed by atoms with E-state index < -0.39 is 10.0 Å². The first-order valence-corrected chi connectivity index (χ1v) is 10.3. The van der Waals surface area contributed by atoms with Crippen molar-refractivity contribution in [1.82, 2.24) is 4.98 Å². The van der Waals surface area contributed by atoms with Gasteiger partial charge in [0.1, 0.15) is 11.6 Å². The zero-order valence-corrected chi connectivity index (χ0v) is 16.9. The molecule has 0 spiro atoms. The lowest BCUT2D eigenvalue weighted by atomic mass is 10.2. The largest absolute Gasteiger partial charge is 0.496 e. The molecule has 1 aromatic heterocycles. The summed E-state index contributed by atoms with van der Waals surface area (Å²) >= 11 is 0. The number of sulfonamides is 1. The Hall–Kier alpha value is -3.06. The zero-order valence-electron chi connectivity index (χ0n) is 16.1. The van der Waals surface area contributed by atoms with Gasteiger partial charge in [-0.2, -0.15) is 0 Å². The van der Waals surface area contributed by atoms with Crippen molar-refractivity contribution in [2.75, 3.05) is 23.8 Å². The van der Waals surface area contributed by atoms with Crippen molar-refractivity contribution in [3.05, 3.63) is 78.0 Å². The molecule has 6 nitrogen and oxygen atoms in total. The van der Waals surface area contributed by atoms with Crippen LogP contribution >= 0.6 is 0 Å². The fourth-order valence-corrected chi connectivity index (χ4v) is 3.93. The Balaban J connectivity index is 1.72. The van der Waals surface area contributed by atoms with Crippen LogP contribution in [-0.2, 0) is 16.6 Å². The molecule has 3 aromatic rings. The molecule has 0 fully saturated rings. The van der Waals surface area contributed by atoms with Crippen LogP contribution in [0.3, 0.4) is 0 Å². The third-order valence-corrected chi connectivity index (χ3v) is 5.72. The van der Waals surface area contributed by atoms with Gasteiger partial charge in [0.05, 0.1) is 23.9 Å². The second kappa shape index (κ2) is 8.31. The van der Waals surface area contributed by atoms with E-state index in [-0.39, 0.29) is 10.7 Å². The van der Waals surface area contributed by atoms with Crippen molar-refractivity contribution in [2.45, 2.75) is 18.4 Å². The number of rotatable bonds is 7. The lowest BCUT2D eigenvalue weighted by molar-refractivity contribution is 0.411. The molecule has 0 aliphatic carbocycles. The molecule has 3 rings (SSSR count). The van der Waals surface area contributed by atoms with Gasteiger partial charge in [-0.1, -0.05) is 30.3 Å². The Kier molecular flexibility index (Phi) is 5.84. The summed E-state index contributed by atoms with van der Waals surface area (Å²) < 4.78 is 32.9. The first-order chi connectivity index (χ1) is 13.4. The molecular formula is C21H23N3O3S. The van der Waals surface area contributed by atoms with Gasteiger partial charge in [-0.25, -0.2) is 13.4 Å². The molecule has 0 unspecified atom stereocenters. The molecular weight excluding hydrogens is 374 g/mol. The van der Waals surface area contributed by atoms with E-state index in [0.29, 0.717) is 5.75 Å². The van der Waals surface area contributed by atoms with Crippen LogP contribution in [0, 0.1) is 6.92 Å². The van der Waals surface area contributed by atoms with Crippen molar-refractivity contribution >= 4 is 21.5 Å². The van der Waals surface area contributed by atoms with E-state index >= 15 is 0 Å². The molecule has 28 heavy (non-hydrogen) atoms. The number of nitrogens with zero attached hydrogens (tertiary/aromatic N) is 2. The summed E-state index contributed by atoms with van der Waals surface area (Å²) in [6.07, 6.45) is 1.65. The van der Waals surface area contributed by atoms with Crippen LogP contribution in [0.1, 0.15) is 11.1 Å². The van der Waals surface area contributed by atoms with Crippen molar-refractivity contribution in [2.24, 2.45) is 0 Å². The summed E-state index contributed by atoms with van der Waals surface area (Å²) in [5.41, 5.74) is 2.83. The van der Waals surface area contributed by atoms with Crippen LogP contribution in [0.2, 0.25) is 0 Å². The predicted molar refractivity (Wildman–Crippen MR) is 111 cm³/mol. The number of aryl methyl sites for hydroxylation is 1. The van der Waals surface area contributed by atoms with E-state index in [4.69, 9.17) is 4.74 Å². The summed E-state index contributed by atoms with van der Waals surface area (Å²) in [4.78, 5) is 6.47. The second-order valence-electron chi connectivity index (χ2n) is 6.48. The van der Waals surface area contributed by atoms with Gasteiger partial charge in [0.15, 0.2) is 0 Å². The predicted octanol–water partition coefficient (Wildman–Crippen LogP) is 3.84. The molecule has 0 aliphatic rings. The highest BCUT2D eigenvalue weighted by Gasteiger charge is 2.16. The lowest BCUT2D eigenvalue weighted by Gasteiger charge is -2.19. The average Bonchev–Trinajstić information content (AvgIpc) is 2.69. The van der Waals surface area contributed by atoms with Crippen LogP contribution in [0.15, 0.2) is 71.8 Å². The number of hydrogen-bond donors (Lipinski definition) is 1. The minimum Gasteiger partial charge on any atom is -0.496 e. The zero-order chi connectivity index (χ0) is 20.1. The maximum atomic E-state index is 12.6. The number of anilines is 2. The SMILES string of the molecule is COc1ccc(S(=O)(=O)Nc2ccc(N(C)Cc3ccccc3)cn2)cc1C. The van der Waals surface area contributed by atoms with Gasteiger partial charge < -0.3 is 9.64 Å². The molecule has 0 bridgehead atoms. The summed E-state index contributed by atoms with van der Waals surface area (Å²) in [5.74, 6) is 0.910. The smallest absolute Gasteiger partial charge is 0.263 e. The molecule has 1 N–H and O–H groups in total. The van der Waals surface area contributed by atoms with E-state index in [0.717, 1.165) is 17.8 Å². The van der Waals surface area contributed by atoms with Crippen LogP contribution < -0.4 is 14.4 Å². The Morgan fingerprint density at radius 1 is 1.07 bits per heavy atom. The van der Waals surface area contributed by atoms with Crippen LogP contribution in [0.25, 0.3) is 0 Å². The maximum Gasteiger partial charge on any atom is 0.263 e. The summed E-state index contributed by atoms with van der Waals surface area (Å²) in [5, 5.41) is 0. The highest BCUT2D eigenvalue weighted by Crippen LogP contribution is 2.23. The van der Waals surface area contributed by atoms with Crippen molar-refractivity contribution < 1.29 is 13.2 Å².